The maximum Gasteiger partial charge on any atom is 0.230 e. The molecular weight excluding hydrogens is 310 g/mol. The zero-order chi connectivity index (χ0) is 14.5. The van der Waals surface area contributed by atoms with Crippen LogP contribution < -0.4 is 11.1 Å². The molecule has 120 valence electrons. The van der Waals surface area contributed by atoms with Gasteiger partial charge in [0.15, 0.2) is 0 Å². The molecule has 2 rings (SSSR count). The van der Waals surface area contributed by atoms with E-state index in [1.165, 1.54) is 0 Å². The lowest BCUT2D eigenvalue weighted by Crippen LogP contribution is -2.41. The SMILES string of the molecule is Cc1noc(C)c1CSCC(=O)NC1CCC(N)CC1.Cl. The van der Waals surface area contributed by atoms with Gasteiger partial charge < -0.3 is 15.6 Å². The quantitative estimate of drug-likeness (QED) is 0.864. The monoisotopic (exact) mass is 333 g/mol. The fourth-order valence-electron chi connectivity index (χ4n) is 2.49. The summed E-state index contributed by atoms with van der Waals surface area (Å²) in [6, 6.07) is 0.624. The van der Waals surface area contributed by atoms with Gasteiger partial charge in [-0.15, -0.1) is 24.2 Å². The third-order valence-corrected chi connectivity index (χ3v) is 4.76. The van der Waals surface area contributed by atoms with Crippen molar-refractivity contribution in [2.45, 2.75) is 57.4 Å². The van der Waals surface area contributed by atoms with E-state index in [0.717, 1.165) is 48.5 Å². The lowest BCUT2D eigenvalue weighted by molar-refractivity contribution is -0.119. The summed E-state index contributed by atoms with van der Waals surface area (Å²) in [6.07, 6.45) is 4.03. The molecule has 1 aliphatic carbocycles. The Kier molecular flexibility index (Phi) is 7.56. The molecule has 1 heterocycles. The summed E-state index contributed by atoms with van der Waals surface area (Å²) >= 11 is 1.60. The van der Waals surface area contributed by atoms with Crippen molar-refractivity contribution in [2.75, 3.05) is 5.75 Å². The van der Waals surface area contributed by atoms with Crippen molar-refractivity contribution in [3.63, 3.8) is 0 Å². The van der Waals surface area contributed by atoms with Crippen LogP contribution in [0.1, 0.15) is 42.7 Å². The third kappa shape index (κ3) is 5.52. The fourth-order valence-corrected chi connectivity index (χ4v) is 3.47. The molecule has 1 aromatic rings. The lowest BCUT2D eigenvalue weighted by atomic mass is 9.92. The minimum absolute atomic E-state index is 0. The van der Waals surface area contributed by atoms with Crippen LogP contribution in [0, 0.1) is 13.8 Å². The standard InChI is InChI=1S/C14H23N3O2S.ClH/c1-9-13(10(2)19-17-9)7-20-8-14(18)16-12-5-3-11(15)4-6-12;/h11-12H,3-8,15H2,1-2H3,(H,16,18);1H. The van der Waals surface area contributed by atoms with Crippen molar-refractivity contribution in [1.29, 1.82) is 0 Å². The molecule has 0 radical (unpaired) electrons. The minimum atomic E-state index is 0. The first-order valence-corrected chi connectivity index (χ1v) is 8.26. The van der Waals surface area contributed by atoms with Crippen LogP contribution in [0.3, 0.4) is 0 Å². The maximum absolute atomic E-state index is 11.9. The average Bonchev–Trinajstić information content (AvgIpc) is 2.73. The molecule has 1 saturated carbocycles. The first-order valence-electron chi connectivity index (χ1n) is 7.10. The van der Waals surface area contributed by atoms with Crippen LogP contribution in [0.5, 0.6) is 0 Å². The maximum atomic E-state index is 11.9. The van der Waals surface area contributed by atoms with Crippen LogP contribution in [-0.4, -0.2) is 28.9 Å². The number of hydrogen-bond acceptors (Lipinski definition) is 5. The van der Waals surface area contributed by atoms with Crippen molar-refractivity contribution < 1.29 is 9.32 Å². The smallest absolute Gasteiger partial charge is 0.230 e. The van der Waals surface area contributed by atoms with E-state index in [2.05, 4.69) is 10.5 Å². The average molecular weight is 334 g/mol. The van der Waals surface area contributed by atoms with Crippen LogP contribution in [0.2, 0.25) is 0 Å². The number of amides is 1. The van der Waals surface area contributed by atoms with Crippen LogP contribution in [0.25, 0.3) is 0 Å². The number of carbonyl (C=O) groups excluding carboxylic acids is 1. The molecule has 0 unspecified atom stereocenters. The Morgan fingerprint density at radius 2 is 2.05 bits per heavy atom. The molecule has 21 heavy (non-hydrogen) atoms. The number of thioether (sulfide) groups is 1. The molecule has 0 spiro atoms. The van der Waals surface area contributed by atoms with Crippen LogP contribution in [0.4, 0.5) is 0 Å². The summed E-state index contributed by atoms with van der Waals surface area (Å²) in [7, 11) is 0. The predicted octanol–water partition coefficient (Wildman–Crippen LogP) is 2.33. The first kappa shape index (κ1) is 18.3. The van der Waals surface area contributed by atoms with Gasteiger partial charge in [-0.2, -0.15) is 0 Å². The van der Waals surface area contributed by atoms with Gasteiger partial charge in [-0.25, -0.2) is 0 Å². The number of nitrogens with zero attached hydrogens (tertiary/aromatic N) is 1. The molecule has 0 atom stereocenters. The van der Waals surface area contributed by atoms with Gasteiger partial charge in [-0.3, -0.25) is 4.79 Å². The number of carbonyl (C=O) groups is 1. The molecule has 0 bridgehead atoms. The van der Waals surface area contributed by atoms with Crippen molar-refractivity contribution in [1.82, 2.24) is 10.5 Å². The van der Waals surface area contributed by atoms with Crippen molar-refractivity contribution in [3.05, 3.63) is 17.0 Å². The van der Waals surface area contributed by atoms with E-state index in [4.69, 9.17) is 10.3 Å². The summed E-state index contributed by atoms with van der Waals surface area (Å²) in [4.78, 5) is 11.9. The fraction of sp³-hybridized carbons (Fsp3) is 0.714. The second kappa shape index (κ2) is 8.66. The predicted molar refractivity (Wildman–Crippen MR) is 87.8 cm³/mol. The highest BCUT2D eigenvalue weighted by molar-refractivity contribution is 7.99. The Balaban J connectivity index is 0.00000220. The van der Waals surface area contributed by atoms with E-state index in [1.54, 1.807) is 11.8 Å². The van der Waals surface area contributed by atoms with Crippen molar-refractivity contribution in [3.8, 4) is 0 Å². The van der Waals surface area contributed by atoms with E-state index in [0.29, 0.717) is 17.8 Å². The van der Waals surface area contributed by atoms with Crippen LogP contribution in [0.15, 0.2) is 4.52 Å². The zero-order valence-electron chi connectivity index (χ0n) is 12.6. The van der Waals surface area contributed by atoms with Gasteiger partial charge >= 0.3 is 0 Å². The molecule has 1 aliphatic rings. The van der Waals surface area contributed by atoms with Gasteiger partial charge in [0.25, 0.3) is 0 Å². The highest BCUT2D eigenvalue weighted by atomic mass is 35.5. The Hall–Kier alpha value is -0.720. The van der Waals surface area contributed by atoms with E-state index < -0.39 is 0 Å². The van der Waals surface area contributed by atoms with E-state index in [1.807, 2.05) is 13.8 Å². The summed E-state index contributed by atoms with van der Waals surface area (Å²) < 4.78 is 5.11. The van der Waals surface area contributed by atoms with E-state index in [9.17, 15) is 4.79 Å². The Labute approximate surface area is 136 Å². The summed E-state index contributed by atoms with van der Waals surface area (Å²) in [5.74, 6) is 2.20. The second-order valence-electron chi connectivity index (χ2n) is 5.47. The Bertz CT molecular complexity index is 440. The zero-order valence-corrected chi connectivity index (χ0v) is 14.2. The van der Waals surface area contributed by atoms with E-state index >= 15 is 0 Å². The molecule has 0 aliphatic heterocycles. The number of aromatic nitrogens is 1. The largest absolute Gasteiger partial charge is 0.361 e. The summed E-state index contributed by atoms with van der Waals surface area (Å²) in [5, 5.41) is 7.01. The summed E-state index contributed by atoms with van der Waals surface area (Å²) in [6.45, 7) is 3.83. The molecule has 3 N–H and O–H groups in total. The molecule has 1 amide bonds. The van der Waals surface area contributed by atoms with Crippen molar-refractivity contribution >= 4 is 30.1 Å². The Morgan fingerprint density at radius 1 is 1.38 bits per heavy atom. The van der Waals surface area contributed by atoms with Gasteiger partial charge in [0.1, 0.15) is 5.76 Å². The summed E-state index contributed by atoms with van der Waals surface area (Å²) in [5.41, 5.74) is 7.88. The number of nitrogens with one attached hydrogen (secondary N) is 1. The van der Waals surface area contributed by atoms with Crippen molar-refractivity contribution in [2.24, 2.45) is 5.73 Å². The molecular formula is C14H24ClN3O2S. The van der Waals surface area contributed by atoms with Gasteiger partial charge in [-0.05, 0) is 39.5 Å². The van der Waals surface area contributed by atoms with E-state index in [-0.39, 0.29) is 18.3 Å². The topological polar surface area (TPSA) is 81.2 Å². The first-order chi connectivity index (χ1) is 9.56. The molecule has 0 aromatic carbocycles. The van der Waals surface area contributed by atoms with Crippen LogP contribution >= 0.6 is 24.2 Å². The highest BCUT2D eigenvalue weighted by Crippen LogP contribution is 2.20. The number of hydrogen-bond donors (Lipinski definition) is 2. The molecule has 5 nitrogen and oxygen atoms in total. The lowest BCUT2D eigenvalue weighted by Gasteiger charge is -2.26. The number of rotatable bonds is 5. The second-order valence-corrected chi connectivity index (χ2v) is 6.46. The molecule has 0 saturated heterocycles. The third-order valence-electron chi connectivity index (χ3n) is 3.80. The van der Waals surface area contributed by atoms with Gasteiger partial charge in [0.05, 0.1) is 11.4 Å². The van der Waals surface area contributed by atoms with Gasteiger partial charge in [0.2, 0.25) is 5.91 Å². The molecule has 1 aromatic heterocycles. The molecule has 7 heteroatoms. The minimum Gasteiger partial charge on any atom is -0.361 e. The number of aryl methyl sites for hydroxylation is 2. The normalized spacial score (nSPS) is 21.7. The number of nitrogens with two attached hydrogens (primary N) is 1. The highest BCUT2D eigenvalue weighted by Gasteiger charge is 2.20. The van der Waals surface area contributed by atoms with Crippen LogP contribution in [-0.2, 0) is 10.5 Å². The molecule has 1 fully saturated rings. The van der Waals surface area contributed by atoms with Gasteiger partial charge in [0, 0.05) is 23.4 Å². The number of halogens is 1. The Morgan fingerprint density at radius 3 is 2.62 bits per heavy atom. The van der Waals surface area contributed by atoms with Gasteiger partial charge in [-0.1, -0.05) is 5.16 Å².